The minimum atomic E-state index is -0.278. The van der Waals surface area contributed by atoms with E-state index >= 15 is 0 Å². The predicted octanol–water partition coefficient (Wildman–Crippen LogP) is 2.32. The summed E-state index contributed by atoms with van der Waals surface area (Å²) in [7, 11) is 0. The van der Waals surface area contributed by atoms with Gasteiger partial charge in [0.2, 0.25) is 0 Å². The number of halogens is 1. The van der Waals surface area contributed by atoms with Crippen LogP contribution in [0.1, 0.15) is 21.8 Å². The fourth-order valence-corrected chi connectivity index (χ4v) is 1.58. The van der Waals surface area contributed by atoms with Crippen molar-refractivity contribution in [3.05, 3.63) is 53.4 Å². The van der Waals surface area contributed by atoms with E-state index in [4.69, 9.17) is 21.0 Å². The molecule has 0 saturated carbocycles. The maximum Gasteiger partial charge on any atom is 0.274 e. The number of hydroxylamine groups is 1. The van der Waals surface area contributed by atoms with Crippen LogP contribution in [-0.2, 0) is 17.1 Å². The van der Waals surface area contributed by atoms with Crippen LogP contribution in [0.4, 0.5) is 0 Å². The summed E-state index contributed by atoms with van der Waals surface area (Å²) in [5, 5.41) is 3.75. The van der Waals surface area contributed by atoms with Crippen LogP contribution in [-0.4, -0.2) is 17.7 Å². The fraction of sp³-hybridized carbons (Fsp3) is 0.231. The molecule has 6 heteroatoms. The molecule has 1 aromatic carbocycles. The topological polar surface area (TPSA) is 64.4 Å². The van der Waals surface area contributed by atoms with E-state index in [1.807, 2.05) is 6.07 Å². The highest BCUT2D eigenvalue weighted by molar-refractivity contribution is 6.16. The number of hydrogen-bond donors (Lipinski definition) is 1. The van der Waals surface area contributed by atoms with Crippen LogP contribution in [0.2, 0.25) is 0 Å². The highest BCUT2D eigenvalue weighted by atomic mass is 35.5. The number of hydrogen-bond acceptors (Lipinski definition) is 4. The Kier molecular flexibility index (Phi) is 4.94. The molecule has 1 amide bonds. The summed E-state index contributed by atoms with van der Waals surface area (Å²) in [6.45, 7) is 0.301. The quantitative estimate of drug-likeness (QED) is 0.501. The third-order valence-electron chi connectivity index (χ3n) is 2.40. The number of aromatic nitrogens is 1. The Balaban J connectivity index is 1.71. The van der Waals surface area contributed by atoms with Crippen molar-refractivity contribution in [1.29, 1.82) is 0 Å². The van der Waals surface area contributed by atoms with E-state index < -0.39 is 0 Å². The van der Waals surface area contributed by atoms with Crippen LogP contribution in [0.5, 0.6) is 0 Å². The van der Waals surface area contributed by atoms with E-state index in [-0.39, 0.29) is 5.91 Å². The molecule has 5 nitrogen and oxygen atoms in total. The number of carbonyl (C=O) groups is 1. The zero-order chi connectivity index (χ0) is 13.5. The Labute approximate surface area is 115 Å². The zero-order valence-corrected chi connectivity index (χ0v) is 10.9. The van der Waals surface area contributed by atoms with Gasteiger partial charge in [-0.2, -0.15) is 0 Å². The van der Waals surface area contributed by atoms with Crippen LogP contribution in [0.25, 0.3) is 0 Å². The van der Waals surface area contributed by atoms with E-state index in [0.29, 0.717) is 35.9 Å². The Morgan fingerprint density at radius 3 is 2.84 bits per heavy atom. The van der Waals surface area contributed by atoms with Gasteiger partial charge in [-0.15, -0.1) is 11.6 Å². The Morgan fingerprint density at radius 1 is 1.37 bits per heavy atom. The summed E-state index contributed by atoms with van der Waals surface area (Å²) < 4.78 is 5.02. The van der Waals surface area contributed by atoms with Gasteiger partial charge >= 0.3 is 0 Å². The Hall–Kier alpha value is -1.85. The fourth-order valence-electron chi connectivity index (χ4n) is 1.45. The molecule has 2 aromatic rings. The lowest BCUT2D eigenvalue weighted by Crippen LogP contribution is -2.24. The molecule has 0 unspecified atom stereocenters. The smallest absolute Gasteiger partial charge is 0.274 e. The number of carbonyl (C=O) groups excluding carboxylic acids is 1. The SMILES string of the molecule is O=C(NOCCc1cc(CCl)no1)c1ccccc1. The van der Waals surface area contributed by atoms with Crippen molar-refractivity contribution < 1.29 is 14.2 Å². The zero-order valence-electron chi connectivity index (χ0n) is 10.1. The van der Waals surface area contributed by atoms with Gasteiger partial charge in [0.05, 0.1) is 18.2 Å². The van der Waals surface area contributed by atoms with Crippen molar-refractivity contribution in [3.8, 4) is 0 Å². The molecule has 0 fully saturated rings. The maximum atomic E-state index is 11.6. The second-order valence-corrected chi connectivity index (χ2v) is 4.08. The normalized spacial score (nSPS) is 10.4. The summed E-state index contributed by atoms with van der Waals surface area (Å²) in [5.74, 6) is 0.707. The van der Waals surface area contributed by atoms with Gasteiger partial charge in [0.25, 0.3) is 5.91 Å². The van der Waals surface area contributed by atoms with Crippen LogP contribution in [0, 0.1) is 0 Å². The molecule has 100 valence electrons. The van der Waals surface area contributed by atoms with Gasteiger partial charge < -0.3 is 4.52 Å². The minimum absolute atomic E-state index is 0.278. The lowest BCUT2D eigenvalue weighted by atomic mass is 10.2. The summed E-state index contributed by atoms with van der Waals surface area (Å²) in [6, 6.07) is 10.6. The van der Waals surface area contributed by atoms with Gasteiger partial charge in [0.1, 0.15) is 5.76 Å². The highest BCUT2D eigenvalue weighted by Crippen LogP contribution is 2.06. The molecule has 0 spiro atoms. The lowest BCUT2D eigenvalue weighted by molar-refractivity contribution is 0.0309. The van der Waals surface area contributed by atoms with Crippen molar-refractivity contribution in [1.82, 2.24) is 10.6 Å². The number of nitrogens with one attached hydrogen (secondary N) is 1. The molecule has 0 saturated heterocycles. The Morgan fingerprint density at radius 2 is 2.16 bits per heavy atom. The van der Waals surface area contributed by atoms with Crippen molar-refractivity contribution in [2.24, 2.45) is 0 Å². The second kappa shape index (κ2) is 6.92. The van der Waals surface area contributed by atoms with Crippen molar-refractivity contribution in [2.75, 3.05) is 6.61 Å². The van der Waals surface area contributed by atoms with Gasteiger partial charge in [-0.1, -0.05) is 23.4 Å². The molecule has 0 aliphatic carbocycles. The summed E-state index contributed by atoms with van der Waals surface area (Å²) >= 11 is 5.60. The summed E-state index contributed by atoms with van der Waals surface area (Å²) in [4.78, 5) is 16.7. The first-order chi connectivity index (χ1) is 9.29. The van der Waals surface area contributed by atoms with Crippen LogP contribution in [0.15, 0.2) is 40.9 Å². The molecule has 0 bridgehead atoms. The second-order valence-electron chi connectivity index (χ2n) is 3.81. The summed E-state index contributed by atoms with van der Waals surface area (Å²) in [5.41, 5.74) is 3.60. The Bertz CT molecular complexity index is 528. The molecular weight excluding hydrogens is 268 g/mol. The molecule has 2 rings (SSSR count). The highest BCUT2D eigenvalue weighted by Gasteiger charge is 2.05. The lowest BCUT2D eigenvalue weighted by Gasteiger charge is -2.04. The van der Waals surface area contributed by atoms with Crippen molar-refractivity contribution in [2.45, 2.75) is 12.3 Å². The first kappa shape index (κ1) is 13.6. The van der Waals surface area contributed by atoms with Crippen molar-refractivity contribution >= 4 is 17.5 Å². The number of rotatable bonds is 6. The molecule has 1 aromatic heterocycles. The van der Waals surface area contributed by atoms with Gasteiger partial charge in [-0.3, -0.25) is 9.63 Å². The monoisotopic (exact) mass is 280 g/mol. The standard InChI is InChI=1S/C13H13ClN2O3/c14-9-11-8-12(19-15-11)6-7-18-16-13(17)10-4-2-1-3-5-10/h1-5,8H,6-7,9H2,(H,16,17). The average Bonchev–Trinajstić information content (AvgIpc) is 2.92. The largest absolute Gasteiger partial charge is 0.361 e. The summed E-state index contributed by atoms with van der Waals surface area (Å²) in [6.07, 6.45) is 0.513. The molecule has 1 N–H and O–H groups in total. The van der Waals surface area contributed by atoms with E-state index in [0.717, 1.165) is 0 Å². The first-order valence-electron chi connectivity index (χ1n) is 5.77. The molecule has 0 aliphatic rings. The number of alkyl halides is 1. The van der Waals surface area contributed by atoms with Crippen molar-refractivity contribution in [3.63, 3.8) is 0 Å². The molecular formula is C13H13ClN2O3. The molecule has 0 aliphatic heterocycles. The third-order valence-corrected chi connectivity index (χ3v) is 2.67. The maximum absolute atomic E-state index is 11.6. The van der Waals surface area contributed by atoms with Gasteiger partial charge in [0.15, 0.2) is 0 Å². The van der Waals surface area contributed by atoms with Gasteiger partial charge in [0, 0.05) is 18.1 Å². The van der Waals surface area contributed by atoms with E-state index in [9.17, 15) is 4.79 Å². The van der Waals surface area contributed by atoms with Gasteiger partial charge in [-0.05, 0) is 12.1 Å². The molecule has 1 heterocycles. The van der Waals surface area contributed by atoms with Crippen LogP contribution >= 0.6 is 11.6 Å². The molecule has 0 radical (unpaired) electrons. The minimum Gasteiger partial charge on any atom is -0.361 e. The average molecular weight is 281 g/mol. The van der Waals surface area contributed by atoms with Crippen LogP contribution in [0.3, 0.4) is 0 Å². The van der Waals surface area contributed by atoms with E-state index in [2.05, 4.69) is 10.6 Å². The third kappa shape index (κ3) is 4.08. The predicted molar refractivity (Wildman–Crippen MR) is 69.6 cm³/mol. The van der Waals surface area contributed by atoms with E-state index in [1.54, 1.807) is 30.3 Å². The van der Waals surface area contributed by atoms with E-state index in [1.165, 1.54) is 0 Å². The first-order valence-corrected chi connectivity index (χ1v) is 6.30. The molecule has 0 atom stereocenters. The number of benzene rings is 1. The number of amides is 1. The molecule has 19 heavy (non-hydrogen) atoms. The van der Waals surface area contributed by atoms with Gasteiger partial charge in [-0.25, -0.2) is 5.48 Å². The number of nitrogens with zero attached hydrogens (tertiary/aromatic N) is 1. The van der Waals surface area contributed by atoms with Crippen LogP contribution < -0.4 is 5.48 Å².